The number of ether oxygens (including phenoxy) is 1. The molecule has 1 aromatic carbocycles. The molecule has 1 N–H and O–H groups in total. The zero-order valence-corrected chi connectivity index (χ0v) is 10.6. The van der Waals surface area contributed by atoms with Gasteiger partial charge in [-0.1, -0.05) is 18.5 Å². The van der Waals surface area contributed by atoms with Crippen molar-refractivity contribution in [2.45, 2.75) is 19.4 Å². The first-order valence-corrected chi connectivity index (χ1v) is 6.17. The van der Waals surface area contributed by atoms with Crippen LogP contribution in [0.4, 0.5) is 0 Å². The van der Waals surface area contributed by atoms with Gasteiger partial charge in [-0.2, -0.15) is 0 Å². The highest BCUT2D eigenvalue weighted by Crippen LogP contribution is 2.35. The van der Waals surface area contributed by atoms with Crippen LogP contribution in [-0.2, 0) is 0 Å². The largest absolute Gasteiger partial charge is 0.497 e. The zero-order valence-electron chi connectivity index (χ0n) is 9.03. The third-order valence-corrected chi connectivity index (χ3v) is 3.56. The molecule has 0 aliphatic heterocycles. The molecule has 86 valence electrons. The molecule has 0 saturated heterocycles. The Hall–Kier alpha value is -0.840. The number of hydrogen-bond donors (Lipinski definition) is 1. The van der Waals surface area contributed by atoms with E-state index in [1.54, 1.807) is 7.11 Å². The molecule has 0 saturated carbocycles. The molecule has 0 aliphatic carbocycles. The number of nitrogens with zero attached hydrogens (tertiary/aromatic N) is 1. The summed E-state index contributed by atoms with van der Waals surface area (Å²) in [6.07, 6.45) is 0.105. The third-order valence-electron chi connectivity index (χ3n) is 2.45. The minimum absolute atomic E-state index is 0.479. The maximum Gasteiger partial charge on any atom is 0.184 e. The van der Waals surface area contributed by atoms with Crippen molar-refractivity contribution in [3.63, 3.8) is 0 Å². The average Bonchev–Trinajstić information content (AvgIpc) is 2.66. The van der Waals surface area contributed by atoms with Crippen LogP contribution in [0.5, 0.6) is 5.75 Å². The van der Waals surface area contributed by atoms with E-state index >= 15 is 0 Å². The van der Waals surface area contributed by atoms with Gasteiger partial charge in [-0.05, 0) is 18.6 Å². The molecule has 0 spiro atoms. The van der Waals surface area contributed by atoms with E-state index in [1.165, 1.54) is 11.3 Å². The van der Waals surface area contributed by atoms with Gasteiger partial charge in [0.1, 0.15) is 5.75 Å². The van der Waals surface area contributed by atoms with Gasteiger partial charge in [-0.15, -0.1) is 11.3 Å². The van der Waals surface area contributed by atoms with Crippen molar-refractivity contribution in [3.05, 3.63) is 22.2 Å². The van der Waals surface area contributed by atoms with Gasteiger partial charge < -0.3 is 9.84 Å². The summed E-state index contributed by atoms with van der Waals surface area (Å²) < 4.78 is 6.61. The number of benzene rings is 1. The van der Waals surface area contributed by atoms with Crippen LogP contribution in [0, 0.1) is 0 Å². The fraction of sp³-hybridized carbons (Fsp3) is 0.364. The number of aromatic nitrogens is 1. The molecule has 2 aromatic rings. The number of thiazole rings is 1. The summed E-state index contributed by atoms with van der Waals surface area (Å²) >= 11 is 7.27. The van der Waals surface area contributed by atoms with E-state index in [0.29, 0.717) is 10.9 Å². The van der Waals surface area contributed by atoms with Gasteiger partial charge in [0.15, 0.2) is 4.47 Å². The fourth-order valence-electron chi connectivity index (χ4n) is 1.59. The molecule has 0 bridgehead atoms. The SMILES string of the molecule is CCC(O)c1cc(OC)cc2sc(Cl)nc12. The lowest BCUT2D eigenvalue weighted by molar-refractivity contribution is 0.174. The lowest BCUT2D eigenvalue weighted by Crippen LogP contribution is -1.97. The molecule has 1 atom stereocenters. The van der Waals surface area contributed by atoms with E-state index in [1.807, 2.05) is 19.1 Å². The summed E-state index contributed by atoms with van der Waals surface area (Å²) in [5.41, 5.74) is 1.55. The topological polar surface area (TPSA) is 42.4 Å². The Kier molecular flexibility index (Phi) is 3.33. The number of rotatable bonds is 3. The number of hydrogen-bond acceptors (Lipinski definition) is 4. The molecule has 0 fully saturated rings. The van der Waals surface area contributed by atoms with Crippen LogP contribution >= 0.6 is 22.9 Å². The van der Waals surface area contributed by atoms with E-state index in [4.69, 9.17) is 16.3 Å². The number of aliphatic hydroxyl groups excluding tert-OH is 1. The predicted molar refractivity (Wildman–Crippen MR) is 66.4 cm³/mol. The minimum atomic E-state index is -0.532. The summed E-state index contributed by atoms with van der Waals surface area (Å²) in [5.74, 6) is 0.718. The normalized spacial score (nSPS) is 13.0. The van der Waals surface area contributed by atoms with E-state index in [0.717, 1.165) is 21.5 Å². The summed E-state index contributed by atoms with van der Waals surface area (Å²) in [4.78, 5) is 4.23. The lowest BCUT2D eigenvalue weighted by Gasteiger charge is -2.10. The first-order chi connectivity index (χ1) is 7.65. The van der Waals surface area contributed by atoms with Gasteiger partial charge in [-0.3, -0.25) is 0 Å². The van der Waals surface area contributed by atoms with Crippen molar-refractivity contribution < 1.29 is 9.84 Å². The summed E-state index contributed by atoms with van der Waals surface area (Å²) in [6.45, 7) is 1.92. The molecule has 1 heterocycles. The van der Waals surface area contributed by atoms with E-state index in [9.17, 15) is 5.11 Å². The van der Waals surface area contributed by atoms with Crippen LogP contribution in [0.15, 0.2) is 12.1 Å². The lowest BCUT2D eigenvalue weighted by atomic mass is 10.1. The highest BCUT2D eigenvalue weighted by molar-refractivity contribution is 7.22. The standard InChI is InChI=1S/C11H12ClNO2S/c1-3-8(14)7-4-6(15-2)5-9-10(7)13-11(12)16-9/h4-5,8,14H,3H2,1-2H3. The third kappa shape index (κ3) is 2.00. The average molecular weight is 258 g/mol. The maximum absolute atomic E-state index is 9.92. The Bertz CT molecular complexity index is 512. The van der Waals surface area contributed by atoms with Gasteiger partial charge >= 0.3 is 0 Å². The molecule has 16 heavy (non-hydrogen) atoms. The van der Waals surface area contributed by atoms with Crippen LogP contribution in [0.1, 0.15) is 25.0 Å². The van der Waals surface area contributed by atoms with Crippen molar-refractivity contribution in [3.8, 4) is 5.75 Å². The van der Waals surface area contributed by atoms with Crippen LogP contribution in [0.3, 0.4) is 0 Å². The number of halogens is 1. The van der Waals surface area contributed by atoms with Crippen molar-refractivity contribution in [1.82, 2.24) is 4.98 Å². The van der Waals surface area contributed by atoms with E-state index in [2.05, 4.69) is 4.98 Å². The quantitative estimate of drug-likeness (QED) is 0.916. The minimum Gasteiger partial charge on any atom is -0.497 e. The number of fused-ring (bicyclic) bond motifs is 1. The van der Waals surface area contributed by atoms with Crippen molar-refractivity contribution in [2.75, 3.05) is 7.11 Å². The molecule has 0 radical (unpaired) electrons. The first-order valence-electron chi connectivity index (χ1n) is 4.97. The van der Waals surface area contributed by atoms with Crippen LogP contribution in [-0.4, -0.2) is 17.2 Å². The van der Waals surface area contributed by atoms with Gasteiger partial charge in [0.25, 0.3) is 0 Å². The molecular weight excluding hydrogens is 246 g/mol. The first kappa shape index (κ1) is 11.6. The second-order valence-electron chi connectivity index (χ2n) is 3.45. The number of methoxy groups -OCH3 is 1. The molecule has 1 unspecified atom stereocenters. The molecule has 3 nitrogen and oxygen atoms in total. The van der Waals surface area contributed by atoms with Crippen molar-refractivity contribution >= 4 is 33.2 Å². The summed E-state index contributed by atoms with van der Waals surface area (Å²) in [6, 6.07) is 3.69. The molecule has 2 rings (SSSR count). The van der Waals surface area contributed by atoms with Crippen molar-refractivity contribution in [2.24, 2.45) is 0 Å². The molecular formula is C11H12ClNO2S. The Morgan fingerprint density at radius 3 is 2.94 bits per heavy atom. The maximum atomic E-state index is 9.92. The smallest absolute Gasteiger partial charge is 0.184 e. The zero-order chi connectivity index (χ0) is 11.7. The van der Waals surface area contributed by atoms with Crippen LogP contribution in [0.25, 0.3) is 10.2 Å². The van der Waals surface area contributed by atoms with E-state index < -0.39 is 6.10 Å². The molecule has 0 amide bonds. The number of aliphatic hydroxyl groups is 1. The second kappa shape index (κ2) is 4.57. The summed E-state index contributed by atoms with van der Waals surface area (Å²) in [7, 11) is 1.60. The van der Waals surface area contributed by atoms with Gasteiger partial charge in [0, 0.05) is 5.56 Å². The summed E-state index contributed by atoms with van der Waals surface area (Å²) in [5, 5.41) is 9.92. The van der Waals surface area contributed by atoms with Gasteiger partial charge in [0.05, 0.1) is 23.4 Å². The Morgan fingerprint density at radius 2 is 2.31 bits per heavy atom. The monoisotopic (exact) mass is 257 g/mol. The van der Waals surface area contributed by atoms with Crippen LogP contribution in [0.2, 0.25) is 4.47 Å². The van der Waals surface area contributed by atoms with Crippen molar-refractivity contribution in [1.29, 1.82) is 0 Å². The molecule has 1 aromatic heterocycles. The highest BCUT2D eigenvalue weighted by Gasteiger charge is 2.15. The molecule has 5 heteroatoms. The fourth-order valence-corrected chi connectivity index (χ4v) is 2.68. The van der Waals surface area contributed by atoms with Gasteiger partial charge in [-0.25, -0.2) is 4.98 Å². The predicted octanol–water partition coefficient (Wildman–Crippen LogP) is 3.40. The van der Waals surface area contributed by atoms with E-state index in [-0.39, 0.29) is 0 Å². The molecule has 0 aliphatic rings. The van der Waals surface area contributed by atoms with Crippen LogP contribution < -0.4 is 4.74 Å². The Morgan fingerprint density at radius 1 is 1.56 bits per heavy atom. The second-order valence-corrected chi connectivity index (χ2v) is 5.07. The highest BCUT2D eigenvalue weighted by atomic mass is 35.5. The van der Waals surface area contributed by atoms with Gasteiger partial charge in [0.2, 0.25) is 0 Å². The Balaban J connectivity index is 2.67. The Labute approximate surface area is 103 Å².